The Labute approximate surface area is 160 Å². The van der Waals surface area contributed by atoms with Crippen LogP contribution in [-0.4, -0.2) is 25.0 Å². The van der Waals surface area contributed by atoms with Crippen molar-refractivity contribution in [3.63, 3.8) is 0 Å². The smallest absolute Gasteiger partial charge is 0.224 e. The van der Waals surface area contributed by atoms with Gasteiger partial charge in [0.1, 0.15) is 12.4 Å². The van der Waals surface area contributed by atoms with Gasteiger partial charge >= 0.3 is 0 Å². The van der Waals surface area contributed by atoms with Crippen molar-refractivity contribution >= 4 is 18.3 Å². The quantitative estimate of drug-likeness (QED) is 0.818. The van der Waals surface area contributed by atoms with Crippen LogP contribution in [-0.2, 0) is 11.4 Å². The molecule has 2 aromatic carbocycles. The van der Waals surface area contributed by atoms with Crippen molar-refractivity contribution in [3.8, 4) is 5.75 Å². The fraction of sp³-hybridized carbons (Fsp3) is 0.381. The van der Waals surface area contributed by atoms with Crippen molar-refractivity contribution in [2.45, 2.75) is 31.4 Å². The van der Waals surface area contributed by atoms with Crippen molar-refractivity contribution in [2.75, 3.05) is 13.1 Å². The lowest BCUT2D eigenvalue weighted by Gasteiger charge is -2.11. The monoisotopic (exact) mass is 372 g/mol. The van der Waals surface area contributed by atoms with Gasteiger partial charge in [0, 0.05) is 18.5 Å². The summed E-state index contributed by atoms with van der Waals surface area (Å²) < 4.78 is 5.82. The van der Waals surface area contributed by atoms with Gasteiger partial charge in [-0.05, 0) is 48.6 Å². The summed E-state index contributed by atoms with van der Waals surface area (Å²) in [6.45, 7) is 2.48. The van der Waals surface area contributed by atoms with E-state index in [-0.39, 0.29) is 24.2 Å². The lowest BCUT2D eigenvalue weighted by Crippen LogP contribution is -2.37. The zero-order chi connectivity index (χ0) is 17.1. The maximum atomic E-state index is 12.3. The summed E-state index contributed by atoms with van der Waals surface area (Å²) >= 11 is 0. The molecule has 1 saturated heterocycles. The van der Waals surface area contributed by atoms with E-state index in [4.69, 9.17) is 4.74 Å². The Bertz CT molecular complexity index is 715. The van der Waals surface area contributed by atoms with Crippen molar-refractivity contribution in [2.24, 2.45) is 5.92 Å². The summed E-state index contributed by atoms with van der Waals surface area (Å²) in [4.78, 5) is 12.3. The molecule has 3 unspecified atom stereocenters. The van der Waals surface area contributed by atoms with Crippen molar-refractivity contribution in [1.29, 1.82) is 0 Å². The van der Waals surface area contributed by atoms with E-state index in [1.165, 1.54) is 5.56 Å². The average Bonchev–Trinajstić information content (AvgIpc) is 3.30. The van der Waals surface area contributed by atoms with E-state index >= 15 is 0 Å². The molecule has 2 aliphatic rings. The molecule has 26 heavy (non-hydrogen) atoms. The Morgan fingerprint density at radius 1 is 1.12 bits per heavy atom. The third-order valence-electron chi connectivity index (χ3n) is 5.09. The van der Waals surface area contributed by atoms with Crippen molar-refractivity contribution in [1.82, 2.24) is 10.6 Å². The van der Waals surface area contributed by atoms with E-state index in [9.17, 15) is 4.79 Å². The highest BCUT2D eigenvalue weighted by Gasteiger charge is 2.44. The van der Waals surface area contributed by atoms with Crippen molar-refractivity contribution in [3.05, 3.63) is 65.7 Å². The van der Waals surface area contributed by atoms with Gasteiger partial charge in [-0.3, -0.25) is 4.79 Å². The normalized spacial score (nSPS) is 23.8. The molecule has 2 aromatic rings. The molecule has 2 N–H and O–H groups in total. The molecule has 0 spiro atoms. The van der Waals surface area contributed by atoms with Gasteiger partial charge in [-0.1, -0.05) is 42.5 Å². The SMILES string of the molecule is Cl.O=C(NC1CCNC1)C1CC1c1ccc(OCc2ccccc2)cc1. The van der Waals surface area contributed by atoms with E-state index in [1.807, 2.05) is 30.3 Å². The molecule has 3 atom stereocenters. The van der Waals surface area contributed by atoms with Crippen LogP contribution in [0.2, 0.25) is 0 Å². The molecule has 1 aliphatic heterocycles. The van der Waals surface area contributed by atoms with Crippen LogP contribution < -0.4 is 15.4 Å². The predicted octanol–water partition coefficient (Wildman–Crippen LogP) is 3.27. The summed E-state index contributed by atoms with van der Waals surface area (Å²) in [5.74, 6) is 1.57. The predicted molar refractivity (Wildman–Crippen MR) is 105 cm³/mol. The molecule has 0 aromatic heterocycles. The summed E-state index contributed by atoms with van der Waals surface area (Å²) in [6.07, 6.45) is 1.99. The minimum absolute atomic E-state index is 0. The van der Waals surface area contributed by atoms with Crippen LogP contribution in [0.25, 0.3) is 0 Å². The minimum Gasteiger partial charge on any atom is -0.489 e. The first-order valence-electron chi connectivity index (χ1n) is 9.07. The second kappa shape index (κ2) is 8.56. The van der Waals surface area contributed by atoms with Crippen LogP contribution in [0.15, 0.2) is 54.6 Å². The first-order valence-corrected chi connectivity index (χ1v) is 9.07. The number of carbonyl (C=O) groups excluding carboxylic acids is 1. The number of carbonyl (C=O) groups is 1. The fourth-order valence-electron chi connectivity index (χ4n) is 3.49. The molecular formula is C21H25ClN2O2. The molecule has 5 heteroatoms. The Morgan fingerprint density at radius 2 is 1.88 bits per heavy atom. The van der Waals surface area contributed by atoms with Gasteiger partial charge in [-0.2, -0.15) is 0 Å². The number of amides is 1. The highest BCUT2D eigenvalue weighted by Crippen LogP contribution is 2.47. The maximum absolute atomic E-state index is 12.3. The van der Waals surface area contributed by atoms with Gasteiger partial charge in [0.05, 0.1) is 0 Å². The van der Waals surface area contributed by atoms with E-state index < -0.39 is 0 Å². The molecule has 1 heterocycles. The molecule has 1 saturated carbocycles. The molecule has 1 amide bonds. The number of halogens is 1. The Hall–Kier alpha value is -2.04. The van der Waals surface area contributed by atoms with Gasteiger partial charge in [-0.25, -0.2) is 0 Å². The maximum Gasteiger partial charge on any atom is 0.224 e. The third kappa shape index (κ3) is 4.57. The second-order valence-corrected chi connectivity index (χ2v) is 6.99. The lowest BCUT2D eigenvalue weighted by atomic mass is 10.1. The van der Waals surface area contributed by atoms with Crippen LogP contribution in [0.4, 0.5) is 0 Å². The van der Waals surface area contributed by atoms with Crippen LogP contribution in [0.1, 0.15) is 29.9 Å². The molecule has 1 aliphatic carbocycles. The summed E-state index contributed by atoms with van der Waals surface area (Å²) in [7, 11) is 0. The van der Waals surface area contributed by atoms with Gasteiger partial charge in [0.15, 0.2) is 0 Å². The van der Waals surface area contributed by atoms with Crippen molar-refractivity contribution < 1.29 is 9.53 Å². The third-order valence-corrected chi connectivity index (χ3v) is 5.09. The van der Waals surface area contributed by atoms with Gasteiger partial charge < -0.3 is 15.4 Å². The molecule has 0 bridgehead atoms. The highest BCUT2D eigenvalue weighted by atomic mass is 35.5. The van der Waals surface area contributed by atoms with Gasteiger partial charge in [0.25, 0.3) is 0 Å². The van der Waals surface area contributed by atoms with E-state index in [2.05, 4.69) is 34.9 Å². The zero-order valence-corrected chi connectivity index (χ0v) is 15.5. The standard InChI is InChI=1S/C21H24N2O2.ClH/c24-21(23-17-10-11-22-13-17)20-12-19(20)16-6-8-18(9-7-16)25-14-15-4-2-1-3-5-15;/h1-9,17,19-20,22H,10-14H2,(H,23,24);1H. The van der Waals surface area contributed by atoms with Gasteiger partial charge in [0.2, 0.25) is 5.91 Å². The van der Waals surface area contributed by atoms with Crippen LogP contribution in [0.5, 0.6) is 5.75 Å². The van der Waals surface area contributed by atoms with Crippen LogP contribution in [0, 0.1) is 5.92 Å². The number of benzene rings is 2. The zero-order valence-electron chi connectivity index (χ0n) is 14.7. The highest BCUT2D eigenvalue weighted by molar-refractivity contribution is 5.85. The topological polar surface area (TPSA) is 50.4 Å². The first-order chi connectivity index (χ1) is 12.3. The minimum atomic E-state index is 0. The molecule has 2 fully saturated rings. The fourth-order valence-corrected chi connectivity index (χ4v) is 3.49. The van der Waals surface area contributed by atoms with E-state index in [0.29, 0.717) is 18.6 Å². The largest absolute Gasteiger partial charge is 0.489 e. The van der Waals surface area contributed by atoms with E-state index in [1.54, 1.807) is 0 Å². The Balaban J connectivity index is 0.00000196. The van der Waals surface area contributed by atoms with Gasteiger partial charge in [-0.15, -0.1) is 12.4 Å². The van der Waals surface area contributed by atoms with Crippen LogP contribution in [0.3, 0.4) is 0 Å². The number of ether oxygens (including phenoxy) is 1. The number of hydrogen-bond acceptors (Lipinski definition) is 3. The molecule has 138 valence electrons. The summed E-state index contributed by atoms with van der Waals surface area (Å²) in [5.41, 5.74) is 2.39. The number of hydrogen-bond donors (Lipinski definition) is 2. The average molecular weight is 373 g/mol. The molecular weight excluding hydrogens is 348 g/mol. The summed E-state index contributed by atoms with van der Waals surface area (Å²) in [5, 5.41) is 6.45. The Morgan fingerprint density at radius 3 is 2.58 bits per heavy atom. The number of nitrogens with one attached hydrogen (secondary N) is 2. The second-order valence-electron chi connectivity index (χ2n) is 6.99. The first kappa shape index (κ1) is 18.7. The molecule has 4 rings (SSSR count). The lowest BCUT2D eigenvalue weighted by molar-refractivity contribution is -0.123. The Kier molecular flexibility index (Phi) is 6.17. The van der Waals surface area contributed by atoms with E-state index in [0.717, 1.165) is 37.2 Å². The molecule has 4 nitrogen and oxygen atoms in total. The summed E-state index contributed by atoms with van der Waals surface area (Å²) in [6, 6.07) is 18.7. The molecule has 0 radical (unpaired) electrons. The number of rotatable bonds is 6. The van der Waals surface area contributed by atoms with Crippen LogP contribution >= 0.6 is 12.4 Å².